The molecule has 1 aromatic heterocycles. The Morgan fingerprint density at radius 2 is 1.85 bits per heavy atom. The Hall–Kier alpha value is -3.54. The molecule has 6 nitrogen and oxygen atoms in total. The molecule has 1 atom stereocenters. The molecular weight excluding hydrogens is 344 g/mol. The van der Waals surface area contributed by atoms with Crippen LogP contribution in [0.2, 0.25) is 0 Å². The zero-order valence-electron chi connectivity index (χ0n) is 14.5. The predicted molar refractivity (Wildman–Crippen MR) is 99.9 cm³/mol. The maximum Gasteiger partial charge on any atom is 0.291 e. The Kier molecular flexibility index (Phi) is 4.61. The average molecular weight is 362 g/mol. The second-order valence-electron chi connectivity index (χ2n) is 6.21. The summed E-state index contributed by atoms with van der Waals surface area (Å²) in [4.78, 5) is 24.8. The second kappa shape index (κ2) is 7.37. The van der Waals surface area contributed by atoms with Gasteiger partial charge in [-0.05, 0) is 36.4 Å². The molecule has 1 aliphatic rings. The first-order valence-corrected chi connectivity index (χ1v) is 8.68. The number of hydrogen-bond donors (Lipinski definition) is 2. The van der Waals surface area contributed by atoms with Gasteiger partial charge in [0.2, 0.25) is 0 Å². The summed E-state index contributed by atoms with van der Waals surface area (Å²) in [7, 11) is 0. The Morgan fingerprint density at radius 3 is 2.70 bits per heavy atom. The van der Waals surface area contributed by atoms with E-state index in [1.54, 1.807) is 36.4 Å². The van der Waals surface area contributed by atoms with Crippen molar-refractivity contribution in [3.63, 3.8) is 0 Å². The quantitative estimate of drug-likeness (QED) is 0.740. The van der Waals surface area contributed by atoms with E-state index in [0.29, 0.717) is 24.3 Å². The van der Waals surface area contributed by atoms with Gasteiger partial charge < -0.3 is 19.8 Å². The molecule has 0 fully saturated rings. The maximum atomic E-state index is 12.7. The van der Waals surface area contributed by atoms with Crippen molar-refractivity contribution >= 4 is 17.5 Å². The van der Waals surface area contributed by atoms with E-state index in [2.05, 4.69) is 10.6 Å². The van der Waals surface area contributed by atoms with Crippen molar-refractivity contribution in [1.82, 2.24) is 5.32 Å². The molecule has 136 valence electrons. The van der Waals surface area contributed by atoms with Gasteiger partial charge in [-0.25, -0.2) is 0 Å². The van der Waals surface area contributed by atoms with E-state index in [1.165, 1.54) is 6.26 Å². The van der Waals surface area contributed by atoms with Crippen LogP contribution in [0.25, 0.3) is 0 Å². The molecule has 2 heterocycles. The highest BCUT2D eigenvalue weighted by atomic mass is 16.5. The number of ether oxygens (including phenoxy) is 1. The van der Waals surface area contributed by atoms with Crippen molar-refractivity contribution in [3.8, 4) is 5.75 Å². The molecule has 1 unspecified atom stereocenters. The summed E-state index contributed by atoms with van der Waals surface area (Å²) in [6.45, 7) is 0.557. The molecule has 4 rings (SSSR count). The van der Waals surface area contributed by atoms with Crippen LogP contribution in [0.3, 0.4) is 0 Å². The van der Waals surface area contributed by atoms with Gasteiger partial charge in [0.25, 0.3) is 11.8 Å². The molecule has 0 aliphatic carbocycles. The van der Waals surface area contributed by atoms with Gasteiger partial charge in [-0.1, -0.05) is 24.3 Å². The van der Waals surface area contributed by atoms with Gasteiger partial charge in [0.1, 0.15) is 5.75 Å². The van der Waals surface area contributed by atoms with Gasteiger partial charge in [-0.15, -0.1) is 0 Å². The normalized spacial score (nSPS) is 15.3. The third-order valence-electron chi connectivity index (χ3n) is 4.39. The fourth-order valence-corrected chi connectivity index (χ4v) is 3.07. The zero-order valence-corrected chi connectivity index (χ0v) is 14.5. The van der Waals surface area contributed by atoms with Gasteiger partial charge in [0, 0.05) is 23.2 Å². The first-order valence-electron chi connectivity index (χ1n) is 8.68. The van der Waals surface area contributed by atoms with Crippen LogP contribution in [-0.4, -0.2) is 18.4 Å². The van der Waals surface area contributed by atoms with E-state index < -0.39 is 0 Å². The highest BCUT2D eigenvalue weighted by Crippen LogP contribution is 2.31. The molecule has 1 aliphatic heterocycles. The molecule has 2 aromatic carbocycles. The Balaban J connectivity index is 1.48. The van der Waals surface area contributed by atoms with Crippen LogP contribution in [-0.2, 0) is 0 Å². The first kappa shape index (κ1) is 16.9. The van der Waals surface area contributed by atoms with Crippen LogP contribution in [0.5, 0.6) is 5.75 Å². The molecule has 0 radical (unpaired) electrons. The summed E-state index contributed by atoms with van der Waals surface area (Å²) >= 11 is 0. The van der Waals surface area contributed by atoms with Crippen molar-refractivity contribution in [2.24, 2.45) is 0 Å². The number of hydrogen-bond acceptors (Lipinski definition) is 4. The number of para-hydroxylation sites is 1. The minimum atomic E-state index is -0.365. The van der Waals surface area contributed by atoms with E-state index in [9.17, 15) is 9.59 Å². The van der Waals surface area contributed by atoms with E-state index in [-0.39, 0.29) is 23.6 Å². The first-order chi connectivity index (χ1) is 13.2. The largest absolute Gasteiger partial charge is 0.493 e. The third kappa shape index (κ3) is 3.69. The van der Waals surface area contributed by atoms with Gasteiger partial charge >= 0.3 is 0 Å². The highest BCUT2D eigenvalue weighted by Gasteiger charge is 2.23. The molecule has 2 amide bonds. The van der Waals surface area contributed by atoms with Crippen molar-refractivity contribution in [2.45, 2.75) is 12.5 Å². The zero-order chi connectivity index (χ0) is 18.6. The molecule has 0 spiro atoms. The van der Waals surface area contributed by atoms with Crippen LogP contribution in [0.15, 0.2) is 71.3 Å². The summed E-state index contributed by atoms with van der Waals surface area (Å²) in [5.74, 6) is 0.443. The number of furan rings is 1. The van der Waals surface area contributed by atoms with E-state index in [1.807, 2.05) is 24.3 Å². The SMILES string of the molecule is O=C(NC1CCOc2ccccc21)c1cccc(NC(=O)c2ccco2)c1. The molecule has 2 N–H and O–H groups in total. The molecule has 0 saturated carbocycles. The number of benzene rings is 2. The van der Waals surface area contributed by atoms with Crippen LogP contribution < -0.4 is 15.4 Å². The van der Waals surface area contributed by atoms with Crippen molar-refractivity contribution in [2.75, 3.05) is 11.9 Å². The summed E-state index contributed by atoms with van der Waals surface area (Å²) in [6, 6.07) is 17.6. The third-order valence-corrected chi connectivity index (χ3v) is 4.39. The Labute approximate surface area is 156 Å². The molecule has 6 heteroatoms. The average Bonchev–Trinajstić information content (AvgIpc) is 3.23. The lowest BCUT2D eigenvalue weighted by Crippen LogP contribution is -2.32. The Bertz CT molecular complexity index is 966. The monoisotopic (exact) mass is 362 g/mol. The molecule has 0 saturated heterocycles. The number of carbonyl (C=O) groups excluding carboxylic acids is 2. The lowest BCUT2D eigenvalue weighted by atomic mass is 10.00. The van der Waals surface area contributed by atoms with E-state index in [4.69, 9.17) is 9.15 Å². The Morgan fingerprint density at radius 1 is 0.963 bits per heavy atom. The highest BCUT2D eigenvalue weighted by molar-refractivity contribution is 6.03. The summed E-state index contributed by atoms with van der Waals surface area (Å²) < 4.78 is 10.7. The van der Waals surface area contributed by atoms with Crippen molar-refractivity contribution in [1.29, 1.82) is 0 Å². The van der Waals surface area contributed by atoms with Gasteiger partial charge in [0.05, 0.1) is 18.9 Å². The van der Waals surface area contributed by atoms with Gasteiger partial charge in [-0.3, -0.25) is 9.59 Å². The van der Waals surface area contributed by atoms with Gasteiger partial charge in [-0.2, -0.15) is 0 Å². The van der Waals surface area contributed by atoms with Crippen LogP contribution in [0.1, 0.15) is 38.9 Å². The number of nitrogens with one attached hydrogen (secondary N) is 2. The van der Waals surface area contributed by atoms with Crippen LogP contribution in [0, 0.1) is 0 Å². The fraction of sp³-hybridized carbons (Fsp3) is 0.143. The molecule has 3 aromatic rings. The topological polar surface area (TPSA) is 80.6 Å². The number of fused-ring (bicyclic) bond motifs is 1. The minimum Gasteiger partial charge on any atom is -0.493 e. The summed E-state index contributed by atoms with van der Waals surface area (Å²) in [5, 5.41) is 5.78. The van der Waals surface area contributed by atoms with Crippen LogP contribution in [0.4, 0.5) is 5.69 Å². The maximum absolute atomic E-state index is 12.7. The number of anilines is 1. The minimum absolute atomic E-state index is 0.108. The molecule has 0 bridgehead atoms. The second-order valence-corrected chi connectivity index (χ2v) is 6.21. The smallest absolute Gasteiger partial charge is 0.291 e. The number of rotatable bonds is 4. The fourth-order valence-electron chi connectivity index (χ4n) is 3.07. The van der Waals surface area contributed by atoms with Crippen molar-refractivity contribution < 1.29 is 18.7 Å². The number of amides is 2. The summed E-state index contributed by atoms with van der Waals surface area (Å²) in [6.07, 6.45) is 2.14. The molecular formula is C21H18N2O4. The number of carbonyl (C=O) groups is 2. The van der Waals surface area contributed by atoms with Crippen molar-refractivity contribution in [3.05, 3.63) is 83.8 Å². The van der Waals surface area contributed by atoms with Crippen LogP contribution >= 0.6 is 0 Å². The lowest BCUT2D eigenvalue weighted by molar-refractivity contribution is 0.0923. The lowest BCUT2D eigenvalue weighted by Gasteiger charge is -2.26. The molecule has 27 heavy (non-hydrogen) atoms. The standard InChI is InChI=1S/C21H18N2O4/c24-20(23-17-10-12-27-18-8-2-1-7-16(17)18)14-5-3-6-15(13-14)22-21(25)19-9-4-11-26-19/h1-9,11,13,17H,10,12H2,(H,22,25)(H,23,24). The predicted octanol–water partition coefficient (Wildman–Crippen LogP) is 3.79. The van der Waals surface area contributed by atoms with E-state index >= 15 is 0 Å². The van der Waals surface area contributed by atoms with Gasteiger partial charge in [0.15, 0.2) is 5.76 Å². The summed E-state index contributed by atoms with van der Waals surface area (Å²) in [5.41, 5.74) is 1.96. The van der Waals surface area contributed by atoms with E-state index in [0.717, 1.165) is 11.3 Å².